The molecule has 6 nitrogen and oxygen atoms in total. The normalized spacial score (nSPS) is 7.27. The maximum atomic E-state index is 3.56. The zero-order chi connectivity index (χ0) is 7.07. The van der Waals surface area contributed by atoms with E-state index in [9.17, 15) is 0 Å². The van der Waals surface area contributed by atoms with Crippen molar-refractivity contribution in [1.29, 1.82) is 0 Å². The summed E-state index contributed by atoms with van der Waals surface area (Å²) in [5, 5.41) is 15.3. The quantitative estimate of drug-likeness (QED) is 0.569. The van der Waals surface area contributed by atoms with E-state index in [1.165, 1.54) is 12.7 Å². The van der Waals surface area contributed by atoms with Crippen LogP contribution in [0.4, 0.5) is 0 Å². The van der Waals surface area contributed by atoms with Crippen molar-refractivity contribution < 1.29 is 0 Å². The number of nitrogens with zero attached hydrogens (tertiary/aromatic N) is 4. The second-order valence-electron chi connectivity index (χ2n) is 1.31. The van der Waals surface area contributed by atoms with Gasteiger partial charge in [0.25, 0.3) is 0 Å². The standard InChI is InChI=1S/2C2H3N3.CH4/c1-3-2-5-4-1;1-2-4-5-3-1;/h2*1-2H,(H,3,4,5);1H4. The van der Waals surface area contributed by atoms with E-state index < -0.39 is 0 Å². The van der Waals surface area contributed by atoms with Gasteiger partial charge in [-0.3, -0.25) is 5.10 Å². The minimum absolute atomic E-state index is 0. The molecule has 0 aliphatic carbocycles. The van der Waals surface area contributed by atoms with E-state index in [-0.39, 0.29) is 7.43 Å². The molecule has 60 valence electrons. The molecule has 2 heterocycles. The zero-order valence-corrected chi connectivity index (χ0v) is 5.10. The Balaban J connectivity index is 0.000000167. The predicted molar refractivity (Wildman–Crippen MR) is 39.5 cm³/mol. The van der Waals surface area contributed by atoms with E-state index in [1.807, 2.05) is 0 Å². The number of rotatable bonds is 0. The summed E-state index contributed by atoms with van der Waals surface area (Å²) < 4.78 is 0. The Hall–Kier alpha value is -1.72. The van der Waals surface area contributed by atoms with Crippen LogP contribution < -0.4 is 0 Å². The minimum Gasteiger partial charge on any atom is -0.266 e. The highest BCUT2D eigenvalue weighted by molar-refractivity contribution is 4.54. The molecule has 2 rings (SSSR count). The highest BCUT2D eigenvalue weighted by Crippen LogP contribution is 1.55. The van der Waals surface area contributed by atoms with Gasteiger partial charge < -0.3 is 0 Å². The molecule has 0 atom stereocenters. The average Bonchev–Trinajstić information content (AvgIpc) is 2.67. The molecule has 2 aromatic heterocycles. The Morgan fingerprint density at radius 1 is 1.00 bits per heavy atom. The van der Waals surface area contributed by atoms with Gasteiger partial charge in [0.05, 0.1) is 12.4 Å². The van der Waals surface area contributed by atoms with Crippen molar-refractivity contribution >= 4 is 0 Å². The topological polar surface area (TPSA) is 83.1 Å². The molecule has 2 aromatic rings. The van der Waals surface area contributed by atoms with E-state index in [2.05, 4.69) is 30.6 Å². The van der Waals surface area contributed by atoms with Crippen LogP contribution >= 0.6 is 0 Å². The highest BCUT2D eigenvalue weighted by atomic mass is 15.3. The number of nitrogens with one attached hydrogen (secondary N) is 2. The lowest BCUT2D eigenvalue weighted by atomic mass is 11.0. The summed E-state index contributed by atoms with van der Waals surface area (Å²) in [4.78, 5) is 3.56. The number of hydrogen-bond acceptors (Lipinski definition) is 4. The first kappa shape index (κ1) is 9.28. The predicted octanol–water partition coefficient (Wildman–Crippen LogP) is 0.245. The largest absolute Gasteiger partial charge is 0.266 e. The molecule has 0 aliphatic heterocycles. The van der Waals surface area contributed by atoms with Gasteiger partial charge >= 0.3 is 0 Å². The monoisotopic (exact) mass is 154 g/mol. The number of H-pyrrole nitrogens is 2. The van der Waals surface area contributed by atoms with Crippen molar-refractivity contribution in [3.8, 4) is 0 Å². The SMILES string of the molecule is C.c1cn[nH]n1.c1nc[nH]n1. The molecule has 0 unspecified atom stereocenters. The fraction of sp³-hybridized carbons (Fsp3) is 0.200. The van der Waals surface area contributed by atoms with Crippen LogP contribution in [-0.4, -0.2) is 30.6 Å². The third-order valence-electron chi connectivity index (χ3n) is 0.662. The van der Waals surface area contributed by atoms with Crippen LogP contribution in [-0.2, 0) is 0 Å². The molecule has 0 saturated heterocycles. The summed E-state index contributed by atoms with van der Waals surface area (Å²) in [5.41, 5.74) is 0. The van der Waals surface area contributed by atoms with Gasteiger partial charge in [-0.2, -0.15) is 20.5 Å². The van der Waals surface area contributed by atoms with Crippen molar-refractivity contribution in [1.82, 2.24) is 30.6 Å². The lowest BCUT2D eigenvalue weighted by Crippen LogP contribution is -1.61. The van der Waals surface area contributed by atoms with E-state index in [0.717, 1.165) is 0 Å². The van der Waals surface area contributed by atoms with Crippen LogP contribution in [0.15, 0.2) is 25.0 Å². The third kappa shape index (κ3) is 4.76. The summed E-state index contributed by atoms with van der Waals surface area (Å²) in [6.45, 7) is 0. The zero-order valence-electron chi connectivity index (χ0n) is 5.10. The first-order chi connectivity index (χ1) is 5.00. The lowest BCUT2D eigenvalue weighted by molar-refractivity contribution is 0.940. The van der Waals surface area contributed by atoms with E-state index in [4.69, 9.17) is 0 Å². The third-order valence-corrected chi connectivity index (χ3v) is 0.662. The molecular weight excluding hydrogens is 144 g/mol. The molecule has 0 spiro atoms. The first-order valence-electron chi connectivity index (χ1n) is 2.58. The number of aromatic amines is 2. The molecule has 0 amide bonds. The van der Waals surface area contributed by atoms with Gasteiger partial charge in [-0.15, -0.1) is 0 Å². The molecule has 0 bridgehead atoms. The smallest absolute Gasteiger partial charge is 0.137 e. The molecule has 0 aromatic carbocycles. The Labute approximate surface area is 64.1 Å². The molecule has 0 radical (unpaired) electrons. The van der Waals surface area contributed by atoms with Gasteiger partial charge in [0, 0.05) is 0 Å². The van der Waals surface area contributed by atoms with Gasteiger partial charge in [-0.05, 0) is 0 Å². The van der Waals surface area contributed by atoms with Crippen molar-refractivity contribution in [2.75, 3.05) is 0 Å². The summed E-state index contributed by atoms with van der Waals surface area (Å²) in [7, 11) is 0. The second-order valence-corrected chi connectivity index (χ2v) is 1.31. The van der Waals surface area contributed by atoms with Crippen LogP contribution in [0.3, 0.4) is 0 Å². The molecule has 0 saturated carbocycles. The van der Waals surface area contributed by atoms with Crippen molar-refractivity contribution in [3.63, 3.8) is 0 Å². The Kier molecular flexibility index (Phi) is 5.40. The van der Waals surface area contributed by atoms with Crippen LogP contribution in [0.5, 0.6) is 0 Å². The number of hydrogen-bond donors (Lipinski definition) is 2. The molecule has 2 N–H and O–H groups in total. The van der Waals surface area contributed by atoms with Gasteiger partial charge in [0.15, 0.2) is 0 Å². The number of aromatic nitrogens is 6. The molecule has 0 fully saturated rings. The highest BCUT2D eigenvalue weighted by Gasteiger charge is 1.57. The first-order valence-corrected chi connectivity index (χ1v) is 2.58. The molecule has 11 heavy (non-hydrogen) atoms. The van der Waals surface area contributed by atoms with Crippen LogP contribution in [0.25, 0.3) is 0 Å². The van der Waals surface area contributed by atoms with Gasteiger partial charge in [0.1, 0.15) is 12.7 Å². The summed E-state index contributed by atoms with van der Waals surface area (Å²) in [6, 6.07) is 0. The van der Waals surface area contributed by atoms with Crippen LogP contribution in [0, 0.1) is 0 Å². The maximum Gasteiger partial charge on any atom is 0.137 e. The summed E-state index contributed by atoms with van der Waals surface area (Å²) >= 11 is 0. The second kappa shape index (κ2) is 6.40. The summed E-state index contributed by atoms with van der Waals surface area (Å²) in [5.74, 6) is 0. The Bertz CT molecular complexity index is 150. The molecular formula is C5H10N6. The van der Waals surface area contributed by atoms with Gasteiger partial charge in [0.2, 0.25) is 0 Å². The van der Waals surface area contributed by atoms with Crippen LogP contribution in [0.2, 0.25) is 0 Å². The Morgan fingerprint density at radius 2 is 1.73 bits per heavy atom. The minimum atomic E-state index is 0. The van der Waals surface area contributed by atoms with E-state index in [0.29, 0.717) is 0 Å². The maximum absolute atomic E-state index is 3.56. The van der Waals surface area contributed by atoms with E-state index in [1.54, 1.807) is 12.4 Å². The van der Waals surface area contributed by atoms with E-state index >= 15 is 0 Å². The average molecular weight is 154 g/mol. The van der Waals surface area contributed by atoms with Gasteiger partial charge in [-0.1, -0.05) is 7.43 Å². The molecule has 0 aliphatic rings. The van der Waals surface area contributed by atoms with Gasteiger partial charge in [-0.25, -0.2) is 4.98 Å². The van der Waals surface area contributed by atoms with Crippen LogP contribution in [0.1, 0.15) is 7.43 Å². The lowest BCUT2D eigenvalue weighted by Gasteiger charge is -1.48. The Morgan fingerprint density at radius 3 is 1.91 bits per heavy atom. The van der Waals surface area contributed by atoms with Crippen molar-refractivity contribution in [2.24, 2.45) is 0 Å². The summed E-state index contributed by atoms with van der Waals surface area (Å²) in [6.07, 6.45) is 6.12. The van der Waals surface area contributed by atoms with Crippen molar-refractivity contribution in [2.45, 2.75) is 7.43 Å². The van der Waals surface area contributed by atoms with Crippen molar-refractivity contribution in [3.05, 3.63) is 25.0 Å². The fourth-order valence-electron chi connectivity index (χ4n) is 0.333. The molecule has 6 heteroatoms. The fourth-order valence-corrected chi connectivity index (χ4v) is 0.333.